The summed E-state index contributed by atoms with van der Waals surface area (Å²) in [6.07, 6.45) is 3.73. The normalized spacial score (nSPS) is 16.9. The molecule has 0 bridgehead atoms. The predicted octanol–water partition coefficient (Wildman–Crippen LogP) is 3.00. The zero-order valence-electron chi connectivity index (χ0n) is 11.3. The van der Waals surface area contributed by atoms with Gasteiger partial charge in [0, 0.05) is 12.1 Å². The molecule has 1 aromatic carbocycles. The summed E-state index contributed by atoms with van der Waals surface area (Å²) in [7, 11) is 1.76. The third-order valence-electron chi connectivity index (χ3n) is 3.52. The Morgan fingerprint density at radius 1 is 1.29 bits per heavy atom. The molecule has 0 spiro atoms. The lowest BCUT2D eigenvalue weighted by molar-refractivity contribution is 0.405. The maximum Gasteiger partial charge on any atom is 0.122 e. The van der Waals surface area contributed by atoms with E-state index >= 15 is 0 Å². The molecule has 0 heterocycles. The number of ether oxygens (including phenoxy) is 1. The van der Waals surface area contributed by atoms with Gasteiger partial charge in [-0.05, 0) is 62.8 Å². The summed E-state index contributed by atoms with van der Waals surface area (Å²) < 4.78 is 5.47. The molecule has 17 heavy (non-hydrogen) atoms. The summed E-state index contributed by atoms with van der Waals surface area (Å²) >= 11 is 0. The third kappa shape index (κ3) is 3.22. The fraction of sp³-hybridized carbons (Fsp3) is 0.600. The first-order chi connectivity index (χ1) is 8.10. The summed E-state index contributed by atoms with van der Waals surface area (Å²) in [6, 6.07) is 5.70. The van der Waals surface area contributed by atoms with Gasteiger partial charge in [-0.3, -0.25) is 0 Å². The zero-order valence-corrected chi connectivity index (χ0v) is 11.3. The van der Waals surface area contributed by atoms with Gasteiger partial charge in [-0.2, -0.15) is 0 Å². The van der Waals surface area contributed by atoms with Crippen LogP contribution in [0.25, 0.3) is 0 Å². The second-order valence-electron chi connectivity index (χ2n) is 5.29. The van der Waals surface area contributed by atoms with Gasteiger partial charge in [-0.15, -0.1) is 0 Å². The molecule has 0 radical (unpaired) electrons. The van der Waals surface area contributed by atoms with Crippen molar-refractivity contribution in [1.29, 1.82) is 0 Å². The highest BCUT2D eigenvalue weighted by atomic mass is 16.5. The topological polar surface area (TPSA) is 21.3 Å². The summed E-state index contributed by atoms with van der Waals surface area (Å²) in [4.78, 5) is 0. The number of hydrogen-bond acceptors (Lipinski definition) is 2. The van der Waals surface area contributed by atoms with E-state index in [4.69, 9.17) is 4.74 Å². The van der Waals surface area contributed by atoms with Gasteiger partial charge >= 0.3 is 0 Å². The van der Waals surface area contributed by atoms with Gasteiger partial charge in [-0.1, -0.05) is 6.07 Å². The Labute approximate surface area is 104 Å². The minimum Gasteiger partial charge on any atom is -0.496 e. The fourth-order valence-corrected chi connectivity index (χ4v) is 2.24. The second-order valence-corrected chi connectivity index (χ2v) is 5.29. The first-order valence-electron chi connectivity index (χ1n) is 6.50. The molecule has 1 aromatic rings. The molecule has 0 aromatic heterocycles. The molecule has 2 heteroatoms. The van der Waals surface area contributed by atoms with Crippen LogP contribution < -0.4 is 10.1 Å². The molecule has 1 fully saturated rings. The lowest BCUT2D eigenvalue weighted by Crippen LogP contribution is -2.30. The van der Waals surface area contributed by atoms with Gasteiger partial charge in [0.05, 0.1) is 7.11 Å². The summed E-state index contributed by atoms with van der Waals surface area (Å²) in [5.74, 6) is 1.03. The van der Waals surface area contributed by atoms with Crippen LogP contribution in [0.4, 0.5) is 0 Å². The van der Waals surface area contributed by atoms with Crippen molar-refractivity contribution in [3.8, 4) is 5.75 Å². The van der Waals surface area contributed by atoms with Crippen LogP contribution in [-0.4, -0.2) is 19.2 Å². The third-order valence-corrected chi connectivity index (χ3v) is 3.52. The lowest BCUT2D eigenvalue weighted by atomic mass is 10.00. The molecule has 2 rings (SSSR count). The van der Waals surface area contributed by atoms with Crippen molar-refractivity contribution in [3.05, 3.63) is 28.8 Å². The van der Waals surface area contributed by atoms with Crippen LogP contribution in [0, 0.1) is 13.8 Å². The van der Waals surface area contributed by atoms with E-state index in [9.17, 15) is 0 Å². The van der Waals surface area contributed by atoms with E-state index < -0.39 is 0 Å². The Bertz CT molecular complexity index is 396. The highest BCUT2D eigenvalue weighted by Crippen LogP contribution is 2.25. The molecule has 1 atom stereocenters. The molecule has 1 saturated carbocycles. The fourth-order valence-electron chi connectivity index (χ4n) is 2.24. The van der Waals surface area contributed by atoms with E-state index in [0.717, 1.165) is 18.2 Å². The van der Waals surface area contributed by atoms with Gasteiger partial charge in [0.25, 0.3) is 0 Å². The number of benzene rings is 1. The largest absolute Gasteiger partial charge is 0.496 e. The number of rotatable bonds is 5. The molecule has 0 saturated heterocycles. The predicted molar refractivity (Wildman–Crippen MR) is 71.8 cm³/mol. The Morgan fingerprint density at radius 2 is 1.94 bits per heavy atom. The van der Waals surface area contributed by atoms with Crippen molar-refractivity contribution in [2.24, 2.45) is 0 Å². The second kappa shape index (κ2) is 5.09. The molecule has 1 N–H and O–H groups in total. The molecular weight excluding hydrogens is 210 g/mol. The van der Waals surface area contributed by atoms with Crippen LogP contribution in [0.3, 0.4) is 0 Å². The van der Waals surface area contributed by atoms with Crippen molar-refractivity contribution in [3.63, 3.8) is 0 Å². The summed E-state index contributed by atoms with van der Waals surface area (Å²) in [5, 5.41) is 3.63. The highest BCUT2D eigenvalue weighted by Gasteiger charge is 2.23. The number of nitrogens with one attached hydrogen (secondary N) is 1. The van der Waals surface area contributed by atoms with Gasteiger partial charge in [-0.25, -0.2) is 0 Å². The van der Waals surface area contributed by atoms with Crippen molar-refractivity contribution < 1.29 is 4.74 Å². The average molecular weight is 233 g/mol. The van der Waals surface area contributed by atoms with Crippen molar-refractivity contribution in [2.75, 3.05) is 7.11 Å². The molecule has 0 aliphatic heterocycles. The SMILES string of the molecule is COc1cc(C)c(C)cc1CC(C)NC1CC1. The minimum atomic E-state index is 0.526. The van der Waals surface area contributed by atoms with Crippen LogP contribution in [-0.2, 0) is 6.42 Å². The molecule has 94 valence electrons. The molecule has 1 unspecified atom stereocenters. The van der Waals surface area contributed by atoms with E-state index in [1.165, 1.54) is 29.5 Å². The molecular formula is C15H23NO. The van der Waals surface area contributed by atoms with Crippen molar-refractivity contribution >= 4 is 0 Å². The number of methoxy groups -OCH3 is 1. The summed E-state index contributed by atoms with van der Waals surface area (Å²) in [5.41, 5.74) is 3.96. The average Bonchev–Trinajstić information content (AvgIpc) is 3.06. The first-order valence-corrected chi connectivity index (χ1v) is 6.50. The van der Waals surface area contributed by atoms with Crippen LogP contribution in [0.15, 0.2) is 12.1 Å². The lowest BCUT2D eigenvalue weighted by Gasteiger charge is -2.17. The van der Waals surface area contributed by atoms with E-state index in [-0.39, 0.29) is 0 Å². The first kappa shape index (κ1) is 12.4. The minimum absolute atomic E-state index is 0.526. The maximum atomic E-state index is 5.47. The van der Waals surface area contributed by atoms with Crippen LogP contribution in [0.1, 0.15) is 36.5 Å². The Kier molecular flexibility index (Phi) is 3.72. The van der Waals surface area contributed by atoms with Crippen molar-refractivity contribution in [2.45, 2.75) is 52.1 Å². The van der Waals surface area contributed by atoms with Crippen LogP contribution in [0.2, 0.25) is 0 Å². The molecule has 0 amide bonds. The van der Waals surface area contributed by atoms with Crippen molar-refractivity contribution in [1.82, 2.24) is 5.32 Å². The van der Waals surface area contributed by atoms with Gasteiger partial charge < -0.3 is 10.1 Å². The maximum absolute atomic E-state index is 5.47. The van der Waals surface area contributed by atoms with Crippen LogP contribution in [0.5, 0.6) is 5.75 Å². The zero-order chi connectivity index (χ0) is 12.4. The van der Waals surface area contributed by atoms with E-state index in [2.05, 4.69) is 38.2 Å². The van der Waals surface area contributed by atoms with Gasteiger partial charge in [0.15, 0.2) is 0 Å². The van der Waals surface area contributed by atoms with E-state index in [1.807, 2.05) is 0 Å². The number of aryl methyl sites for hydroxylation is 2. The standard InChI is InChI=1S/C15H23NO/c1-10-7-13(15(17-4)8-11(10)2)9-12(3)16-14-5-6-14/h7-8,12,14,16H,5-6,9H2,1-4H3. The number of hydrogen-bond donors (Lipinski definition) is 1. The summed E-state index contributed by atoms with van der Waals surface area (Å²) in [6.45, 7) is 6.55. The molecule has 1 aliphatic rings. The molecule has 2 nitrogen and oxygen atoms in total. The van der Waals surface area contributed by atoms with E-state index in [1.54, 1.807) is 7.11 Å². The van der Waals surface area contributed by atoms with Gasteiger partial charge in [0.2, 0.25) is 0 Å². The quantitative estimate of drug-likeness (QED) is 0.844. The van der Waals surface area contributed by atoms with Gasteiger partial charge in [0.1, 0.15) is 5.75 Å². The molecule has 1 aliphatic carbocycles. The Hall–Kier alpha value is -1.02. The Morgan fingerprint density at radius 3 is 2.53 bits per heavy atom. The smallest absolute Gasteiger partial charge is 0.122 e. The monoisotopic (exact) mass is 233 g/mol. The highest BCUT2D eigenvalue weighted by molar-refractivity contribution is 5.42. The van der Waals surface area contributed by atoms with Crippen LogP contribution >= 0.6 is 0 Å². The van der Waals surface area contributed by atoms with E-state index in [0.29, 0.717) is 6.04 Å². The Balaban J connectivity index is 2.09.